The molecular formula is C8H14O5. The standard InChI is InChI=1S/C4H8O3.C4H6O2/c1-2-3(5)4(6)7;1-3-6-4(2)5/h3,5H,2H2,1H3,(H,6,7);3H,1H2,2H3. The molecule has 13 heavy (non-hydrogen) atoms. The summed E-state index contributed by atoms with van der Waals surface area (Å²) in [6.07, 6.45) is 0.192. The summed E-state index contributed by atoms with van der Waals surface area (Å²) in [7, 11) is 0. The summed E-state index contributed by atoms with van der Waals surface area (Å²) in [4.78, 5) is 19.4. The maximum absolute atomic E-state index is 9.75. The van der Waals surface area contributed by atoms with Crippen LogP contribution in [0, 0.1) is 0 Å². The van der Waals surface area contributed by atoms with Crippen molar-refractivity contribution in [2.24, 2.45) is 0 Å². The summed E-state index contributed by atoms with van der Waals surface area (Å²) >= 11 is 0. The van der Waals surface area contributed by atoms with Gasteiger partial charge in [0.15, 0.2) is 6.10 Å². The minimum Gasteiger partial charge on any atom is -0.479 e. The molecule has 0 aromatic heterocycles. The first-order valence-corrected chi connectivity index (χ1v) is 3.64. The summed E-state index contributed by atoms with van der Waals surface area (Å²) in [5.74, 6) is -1.48. The van der Waals surface area contributed by atoms with Crippen molar-refractivity contribution >= 4 is 11.9 Å². The van der Waals surface area contributed by atoms with Crippen LogP contribution in [0.15, 0.2) is 12.8 Å². The molecule has 76 valence electrons. The highest BCUT2D eigenvalue weighted by Gasteiger charge is 2.07. The fraction of sp³-hybridized carbons (Fsp3) is 0.500. The topological polar surface area (TPSA) is 83.8 Å². The molecule has 1 unspecified atom stereocenters. The number of ether oxygens (including phenoxy) is 1. The van der Waals surface area contributed by atoms with Gasteiger partial charge in [0.1, 0.15) is 0 Å². The van der Waals surface area contributed by atoms with E-state index in [2.05, 4.69) is 11.3 Å². The second-order valence-corrected chi connectivity index (χ2v) is 2.04. The van der Waals surface area contributed by atoms with E-state index in [1.165, 1.54) is 6.92 Å². The molecule has 5 nitrogen and oxygen atoms in total. The lowest BCUT2D eigenvalue weighted by Crippen LogP contribution is -2.17. The fourth-order valence-corrected chi connectivity index (χ4v) is 0.292. The Morgan fingerprint density at radius 2 is 2.08 bits per heavy atom. The first kappa shape index (κ1) is 14.2. The molecule has 0 bridgehead atoms. The number of hydrogen-bond donors (Lipinski definition) is 2. The highest BCUT2D eigenvalue weighted by molar-refractivity contribution is 5.71. The number of carbonyl (C=O) groups excluding carboxylic acids is 1. The molecule has 0 fully saturated rings. The number of carboxylic acids is 1. The van der Waals surface area contributed by atoms with E-state index >= 15 is 0 Å². The Hall–Kier alpha value is -1.36. The number of rotatable bonds is 3. The molecule has 0 saturated carbocycles. The van der Waals surface area contributed by atoms with Gasteiger partial charge in [-0.25, -0.2) is 4.79 Å². The average Bonchev–Trinajstić information content (AvgIpc) is 2.03. The van der Waals surface area contributed by atoms with Gasteiger partial charge in [0.2, 0.25) is 0 Å². The molecule has 1 atom stereocenters. The van der Waals surface area contributed by atoms with E-state index in [0.717, 1.165) is 6.26 Å². The van der Waals surface area contributed by atoms with Gasteiger partial charge in [-0.3, -0.25) is 4.79 Å². The van der Waals surface area contributed by atoms with Crippen molar-refractivity contribution < 1.29 is 24.5 Å². The largest absolute Gasteiger partial charge is 0.479 e. The normalized spacial score (nSPS) is 10.4. The summed E-state index contributed by atoms with van der Waals surface area (Å²) < 4.78 is 4.17. The molecular weight excluding hydrogens is 176 g/mol. The Morgan fingerprint density at radius 3 is 2.08 bits per heavy atom. The van der Waals surface area contributed by atoms with Crippen molar-refractivity contribution in [3.63, 3.8) is 0 Å². The Bertz CT molecular complexity index is 175. The molecule has 0 aliphatic rings. The Balaban J connectivity index is 0. The molecule has 0 radical (unpaired) electrons. The van der Waals surface area contributed by atoms with Crippen LogP contribution in [0.1, 0.15) is 20.3 Å². The summed E-state index contributed by atoms with van der Waals surface area (Å²) in [6, 6.07) is 0. The van der Waals surface area contributed by atoms with Crippen molar-refractivity contribution in [3.8, 4) is 0 Å². The Morgan fingerprint density at radius 1 is 1.62 bits per heavy atom. The highest BCUT2D eigenvalue weighted by atomic mass is 16.5. The minimum atomic E-state index is -1.18. The average molecular weight is 190 g/mol. The molecule has 0 aliphatic heterocycles. The number of hydrogen-bond acceptors (Lipinski definition) is 4. The maximum atomic E-state index is 9.75. The highest BCUT2D eigenvalue weighted by Crippen LogP contribution is 1.86. The zero-order valence-electron chi connectivity index (χ0n) is 7.69. The van der Waals surface area contributed by atoms with Gasteiger partial charge in [-0.1, -0.05) is 13.5 Å². The van der Waals surface area contributed by atoms with E-state index in [1.54, 1.807) is 6.92 Å². The number of carbonyl (C=O) groups is 2. The third-order valence-corrected chi connectivity index (χ3v) is 0.921. The predicted molar refractivity (Wildman–Crippen MR) is 45.9 cm³/mol. The molecule has 0 aliphatic carbocycles. The van der Waals surface area contributed by atoms with E-state index in [0.29, 0.717) is 0 Å². The van der Waals surface area contributed by atoms with E-state index < -0.39 is 12.1 Å². The monoisotopic (exact) mass is 190 g/mol. The van der Waals surface area contributed by atoms with Gasteiger partial charge in [0.25, 0.3) is 0 Å². The minimum absolute atomic E-state index is 0.273. The van der Waals surface area contributed by atoms with Crippen molar-refractivity contribution in [1.82, 2.24) is 0 Å². The van der Waals surface area contributed by atoms with Crippen LogP contribution in [0.25, 0.3) is 0 Å². The van der Waals surface area contributed by atoms with Crippen LogP contribution in [0.2, 0.25) is 0 Å². The van der Waals surface area contributed by atoms with E-state index in [1.807, 2.05) is 0 Å². The number of esters is 1. The van der Waals surface area contributed by atoms with Crippen LogP contribution >= 0.6 is 0 Å². The van der Waals surface area contributed by atoms with Gasteiger partial charge < -0.3 is 14.9 Å². The second-order valence-electron chi connectivity index (χ2n) is 2.04. The molecule has 0 rings (SSSR count). The van der Waals surface area contributed by atoms with Crippen molar-refractivity contribution in [3.05, 3.63) is 12.8 Å². The molecule has 0 aromatic rings. The Kier molecular flexibility index (Phi) is 9.53. The number of aliphatic carboxylic acids is 1. The van der Waals surface area contributed by atoms with Crippen LogP contribution in [0.4, 0.5) is 0 Å². The molecule has 0 aromatic carbocycles. The molecule has 0 amide bonds. The smallest absolute Gasteiger partial charge is 0.332 e. The van der Waals surface area contributed by atoms with Crippen molar-refractivity contribution in [2.45, 2.75) is 26.4 Å². The predicted octanol–water partition coefficient (Wildman–Crippen LogP) is 0.535. The third kappa shape index (κ3) is 13.6. The molecule has 2 N–H and O–H groups in total. The number of carboxylic acid groups (broad SMARTS) is 1. The SMILES string of the molecule is C=COC(C)=O.CCC(O)C(=O)O. The van der Waals surface area contributed by atoms with E-state index in [9.17, 15) is 9.59 Å². The maximum Gasteiger partial charge on any atom is 0.332 e. The first-order chi connectivity index (χ1) is 5.95. The van der Waals surface area contributed by atoms with Crippen molar-refractivity contribution in [2.75, 3.05) is 0 Å². The van der Waals surface area contributed by atoms with Crippen LogP contribution in [-0.2, 0) is 14.3 Å². The lowest BCUT2D eigenvalue weighted by atomic mass is 10.3. The molecule has 0 heterocycles. The number of aliphatic hydroxyl groups excluding tert-OH is 1. The Labute approximate surface area is 76.6 Å². The van der Waals surface area contributed by atoms with Crippen molar-refractivity contribution in [1.29, 1.82) is 0 Å². The molecule has 0 spiro atoms. The van der Waals surface area contributed by atoms with Gasteiger partial charge in [-0.2, -0.15) is 0 Å². The fourth-order valence-electron chi connectivity index (χ4n) is 0.292. The molecule has 0 saturated heterocycles. The zero-order chi connectivity index (χ0) is 10.9. The van der Waals surface area contributed by atoms with Crippen LogP contribution in [-0.4, -0.2) is 28.3 Å². The van der Waals surface area contributed by atoms with Crippen LogP contribution < -0.4 is 0 Å². The molecule has 5 heteroatoms. The van der Waals surface area contributed by atoms with E-state index in [-0.39, 0.29) is 12.4 Å². The number of aliphatic hydroxyl groups is 1. The zero-order valence-corrected chi connectivity index (χ0v) is 7.69. The van der Waals surface area contributed by atoms with E-state index in [4.69, 9.17) is 10.2 Å². The third-order valence-electron chi connectivity index (χ3n) is 0.921. The van der Waals surface area contributed by atoms with Crippen LogP contribution in [0.3, 0.4) is 0 Å². The van der Waals surface area contributed by atoms with Gasteiger partial charge >= 0.3 is 11.9 Å². The first-order valence-electron chi connectivity index (χ1n) is 3.64. The van der Waals surface area contributed by atoms with Gasteiger partial charge in [0.05, 0.1) is 6.26 Å². The van der Waals surface area contributed by atoms with Gasteiger partial charge in [-0.15, -0.1) is 0 Å². The lowest BCUT2D eigenvalue weighted by molar-refractivity contribution is -0.146. The lowest BCUT2D eigenvalue weighted by Gasteiger charge is -1.95. The summed E-state index contributed by atoms with van der Waals surface area (Å²) in [6.45, 7) is 6.09. The quantitative estimate of drug-likeness (QED) is 0.501. The van der Waals surface area contributed by atoms with Gasteiger partial charge in [-0.05, 0) is 6.42 Å². The summed E-state index contributed by atoms with van der Waals surface area (Å²) in [5.41, 5.74) is 0. The van der Waals surface area contributed by atoms with Crippen LogP contribution in [0.5, 0.6) is 0 Å². The summed E-state index contributed by atoms with van der Waals surface area (Å²) in [5, 5.41) is 16.3. The second kappa shape index (κ2) is 8.73. The van der Waals surface area contributed by atoms with Gasteiger partial charge in [0, 0.05) is 6.92 Å².